The molecule has 0 radical (unpaired) electrons. The van der Waals surface area contributed by atoms with E-state index in [-0.39, 0.29) is 0 Å². The minimum absolute atomic E-state index is 0.435. The number of halogens is 1. The fraction of sp³-hybridized carbons (Fsp3) is 0.400. The first kappa shape index (κ1) is 5.79. The summed E-state index contributed by atoms with van der Waals surface area (Å²) in [6.45, 7) is 1.81. The SMILES string of the molecule is CC1=C(Cl)C(O)N=C1. The van der Waals surface area contributed by atoms with Crippen molar-refractivity contribution in [3.8, 4) is 0 Å². The summed E-state index contributed by atoms with van der Waals surface area (Å²) in [7, 11) is 0. The van der Waals surface area contributed by atoms with Crippen LogP contribution >= 0.6 is 11.6 Å². The van der Waals surface area contributed by atoms with Crippen LogP contribution in [-0.2, 0) is 0 Å². The molecule has 1 unspecified atom stereocenters. The zero-order valence-corrected chi connectivity index (χ0v) is 5.18. The third kappa shape index (κ3) is 0.767. The summed E-state index contributed by atoms with van der Waals surface area (Å²) in [5.74, 6) is 0. The van der Waals surface area contributed by atoms with Crippen LogP contribution < -0.4 is 0 Å². The minimum atomic E-state index is -0.795. The van der Waals surface area contributed by atoms with Gasteiger partial charge >= 0.3 is 0 Å². The van der Waals surface area contributed by atoms with Crippen molar-refractivity contribution in [1.82, 2.24) is 0 Å². The molecule has 3 heteroatoms. The molecule has 0 spiro atoms. The third-order valence-corrected chi connectivity index (χ3v) is 1.51. The van der Waals surface area contributed by atoms with Crippen LogP contribution in [0.25, 0.3) is 0 Å². The summed E-state index contributed by atoms with van der Waals surface area (Å²) in [6, 6.07) is 0. The van der Waals surface area contributed by atoms with Crippen LogP contribution in [-0.4, -0.2) is 17.5 Å². The van der Waals surface area contributed by atoms with Gasteiger partial charge < -0.3 is 5.11 Å². The van der Waals surface area contributed by atoms with Gasteiger partial charge in [0, 0.05) is 6.21 Å². The molecular formula is C5H6ClNO. The van der Waals surface area contributed by atoms with Crippen molar-refractivity contribution in [3.05, 3.63) is 10.6 Å². The highest BCUT2D eigenvalue weighted by Gasteiger charge is 2.12. The molecule has 2 nitrogen and oxygen atoms in total. The minimum Gasteiger partial charge on any atom is -0.367 e. The molecular weight excluding hydrogens is 126 g/mol. The summed E-state index contributed by atoms with van der Waals surface area (Å²) < 4.78 is 0. The number of hydrogen-bond donors (Lipinski definition) is 1. The standard InChI is InChI=1S/C5H6ClNO/c1-3-2-7-5(8)4(3)6/h2,5,8H,1H3. The van der Waals surface area contributed by atoms with Crippen molar-refractivity contribution < 1.29 is 5.11 Å². The molecule has 0 aromatic rings. The van der Waals surface area contributed by atoms with Gasteiger partial charge in [-0.05, 0) is 12.5 Å². The molecule has 44 valence electrons. The van der Waals surface area contributed by atoms with E-state index in [0.717, 1.165) is 5.57 Å². The van der Waals surface area contributed by atoms with Crippen molar-refractivity contribution in [2.45, 2.75) is 13.2 Å². The topological polar surface area (TPSA) is 32.6 Å². The number of allylic oxidation sites excluding steroid dienone is 1. The highest BCUT2D eigenvalue weighted by atomic mass is 35.5. The van der Waals surface area contributed by atoms with Crippen molar-refractivity contribution in [2.24, 2.45) is 4.99 Å². The van der Waals surface area contributed by atoms with E-state index in [4.69, 9.17) is 16.7 Å². The first-order valence-corrected chi connectivity index (χ1v) is 2.67. The number of aliphatic imine (C=N–C) groups is 1. The van der Waals surface area contributed by atoms with Crippen LogP contribution in [0.5, 0.6) is 0 Å². The Balaban J connectivity index is 2.85. The number of rotatable bonds is 0. The van der Waals surface area contributed by atoms with Gasteiger partial charge in [0.2, 0.25) is 0 Å². The third-order valence-electron chi connectivity index (χ3n) is 1.01. The summed E-state index contributed by atoms with van der Waals surface area (Å²) in [5, 5.41) is 9.22. The maximum atomic E-state index is 8.78. The average molecular weight is 132 g/mol. The van der Waals surface area contributed by atoms with E-state index in [2.05, 4.69) is 4.99 Å². The van der Waals surface area contributed by atoms with Crippen LogP contribution in [0.3, 0.4) is 0 Å². The molecule has 1 aliphatic rings. The molecule has 0 aromatic heterocycles. The zero-order chi connectivity index (χ0) is 6.15. The second-order valence-electron chi connectivity index (χ2n) is 1.68. The van der Waals surface area contributed by atoms with Gasteiger partial charge in [0.25, 0.3) is 0 Å². The Morgan fingerprint density at radius 2 is 2.50 bits per heavy atom. The first-order valence-electron chi connectivity index (χ1n) is 2.29. The molecule has 0 saturated heterocycles. The zero-order valence-electron chi connectivity index (χ0n) is 4.43. The summed E-state index contributed by atoms with van der Waals surface area (Å²) in [6.07, 6.45) is 0.768. The molecule has 0 aliphatic carbocycles. The normalized spacial score (nSPS) is 27.6. The van der Waals surface area contributed by atoms with Gasteiger partial charge in [0.1, 0.15) is 0 Å². The van der Waals surface area contributed by atoms with Crippen LogP contribution in [0.4, 0.5) is 0 Å². The number of aliphatic hydroxyl groups is 1. The largest absolute Gasteiger partial charge is 0.367 e. The molecule has 0 aromatic carbocycles. The molecule has 1 rings (SSSR count). The Morgan fingerprint density at radius 1 is 1.88 bits per heavy atom. The van der Waals surface area contributed by atoms with E-state index < -0.39 is 6.23 Å². The van der Waals surface area contributed by atoms with E-state index in [0.29, 0.717) is 5.03 Å². The molecule has 8 heavy (non-hydrogen) atoms. The van der Waals surface area contributed by atoms with Crippen LogP contribution in [0, 0.1) is 0 Å². The van der Waals surface area contributed by atoms with Crippen molar-refractivity contribution in [1.29, 1.82) is 0 Å². The number of hydrogen-bond acceptors (Lipinski definition) is 2. The predicted octanol–water partition coefficient (Wildman–Crippen LogP) is 0.902. The van der Waals surface area contributed by atoms with Crippen LogP contribution in [0.2, 0.25) is 0 Å². The lowest BCUT2D eigenvalue weighted by atomic mass is 10.3. The summed E-state index contributed by atoms with van der Waals surface area (Å²) >= 11 is 5.52. The fourth-order valence-corrected chi connectivity index (χ4v) is 0.618. The molecule has 0 bridgehead atoms. The van der Waals surface area contributed by atoms with Crippen molar-refractivity contribution in [3.63, 3.8) is 0 Å². The molecule has 0 amide bonds. The Bertz CT molecular complexity index is 162. The quantitative estimate of drug-likeness (QED) is 0.521. The van der Waals surface area contributed by atoms with E-state index in [9.17, 15) is 0 Å². The predicted molar refractivity (Wildman–Crippen MR) is 33.1 cm³/mol. The van der Waals surface area contributed by atoms with Gasteiger partial charge in [-0.25, -0.2) is 0 Å². The smallest absolute Gasteiger partial charge is 0.182 e. The average Bonchev–Trinajstić information content (AvgIpc) is 1.98. The Kier molecular flexibility index (Phi) is 1.36. The Labute approximate surface area is 52.5 Å². The number of nitrogens with zero attached hydrogens (tertiary/aromatic N) is 1. The van der Waals surface area contributed by atoms with Crippen LogP contribution in [0.1, 0.15) is 6.92 Å². The highest BCUT2D eigenvalue weighted by Crippen LogP contribution is 2.18. The first-order chi connectivity index (χ1) is 3.72. The monoisotopic (exact) mass is 131 g/mol. The van der Waals surface area contributed by atoms with Gasteiger partial charge in [-0.1, -0.05) is 11.6 Å². The number of aliphatic hydroxyl groups excluding tert-OH is 1. The summed E-state index contributed by atoms with van der Waals surface area (Å²) in [5.41, 5.74) is 0.846. The molecule has 1 atom stereocenters. The second kappa shape index (κ2) is 1.88. The molecule has 1 N–H and O–H groups in total. The lowest BCUT2D eigenvalue weighted by Crippen LogP contribution is -1.96. The maximum absolute atomic E-state index is 8.78. The Morgan fingerprint density at radius 3 is 2.62 bits per heavy atom. The molecule has 1 aliphatic heterocycles. The lowest BCUT2D eigenvalue weighted by Gasteiger charge is -1.94. The lowest BCUT2D eigenvalue weighted by molar-refractivity contribution is 0.232. The van der Waals surface area contributed by atoms with Gasteiger partial charge in [0.05, 0.1) is 5.03 Å². The van der Waals surface area contributed by atoms with E-state index in [1.807, 2.05) is 6.92 Å². The van der Waals surface area contributed by atoms with E-state index >= 15 is 0 Å². The Hall–Kier alpha value is -0.340. The molecule has 0 fully saturated rings. The van der Waals surface area contributed by atoms with E-state index in [1.165, 1.54) is 0 Å². The molecule has 0 saturated carbocycles. The van der Waals surface area contributed by atoms with Gasteiger partial charge in [-0.2, -0.15) is 0 Å². The fourth-order valence-electron chi connectivity index (χ4n) is 0.513. The van der Waals surface area contributed by atoms with Gasteiger partial charge in [-0.15, -0.1) is 0 Å². The van der Waals surface area contributed by atoms with Gasteiger partial charge in [-0.3, -0.25) is 4.99 Å². The van der Waals surface area contributed by atoms with Crippen LogP contribution in [0.15, 0.2) is 15.6 Å². The highest BCUT2D eigenvalue weighted by molar-refractivity contribution is 6.32. The molecule has 1 heterocycles. The van der Waals surface area contributed by atoms with Gasteiger partial charge in [0.15, 0.2) is 6.23 Å². The maximum Gasteiger partial charge on any atom is 0.182 e. The van der Waals surface area contributed by atoms with Crippen molar-refractivity contribution in [2.75, 3.05) is 0 Å². The van der Waals surface area contributed by atoms with E-state index in [1.54, 1.807) is 6.21 Å². The summed E-state index contributed by atoms with van der Waals surface area (Å²) in [4.78, 5) is 3.62. The second-order valence-corrected chi connectivity index (χ2v) is 2.09. The van der Waals surface area contributed by atoms with Crippen molar-refractivity contribution >= 4 is 17.8 Å².